The van der Waals surface area contributed by atoms with Gasteiger partial charge in [-0.05, 0) is 60.4 Å². The number of carbonyl (C=O) groups is 1. The van der Waals surface area contributed by atoms with Gasteiger partial charge < -0.3 is 15.1 Å². The zero-order chi connectivity index (χ0) is 20.4. The van der Waals surface area contributed by atoms with Gasteiger partial charge in [0.15, 0.2) is 0 Å². The van der Waals surface area contributed by atoms with Crippen molar-refractivity contribution in [2.45, 2.75) is 25.0 Å². The van der Waals surface area contributed by atoms with Crippen LogP contribution in [0.1, 0.15) is 23.6 Å². The fraction of sp³-hybridized carbons (Fsp3) is 0.208. The molecule has 1 aliphatic rings. The number of halogens is 1. The molecular weight excluding hydrogens is 369 g/mol. The van der Waals surface area contributed by atoms with Gasteiger partial charge in [-0.15, -0.1) is 0 Å². The number of benzene rings is 3. The average Bonchev–Trinajstić information content (AvgIpc) is 2.73. The van der Waals surface area contributed by atoms with E-state index in [1.807, 2.05) is 30.3 Å². The summed E-state index contributed by atoms with van der Waals surface area (Å²) >= 11 is 0. The Hall–Kier alpha value is -3.18. The molecule has 1 saturated heterocycles. The molecule has 2 N–H and O–H groups in total. The van der Waals surface area contributed by atoms with Crippen LogP contribution in [0.3, 0.4) is 0 Å². The van der Waals surface area contributed by atoms with Crippen molar-refractivity contribution in [1.29, 1.82) is 0 Å². The number of nitrogens with zero attached hydrogens (tertiary/aromatic N) is 1. The quantitative estimate of drug-likeness (QED) is 0.618. The van der Waals surface area contributed by atoms with E-state index in [1.54, 1.807) is 41.3 Å². The second-order valence-electron chi connectivity index (χ2n) is 7.34. The number of carbonyl (C=O) groups excluding carboxylic acids is 1. The Bertz CT molecular complexity index is 973. The molecule has 1 fully saturated rings. The van der Waals surface area contributed by atoms with E-state index in [1.165, 1.54) is 12.1 Å². The number of aromatic hydroxyl groups is 1. The molecule has 3 atom stereocenters. The van der Waals surface area contributed by atoms with Gasteiger partial charge in [0.25, 0.3) is 0 Å². The maximum Gasteiger partial charge on any atom is 0.235 e. The summed E-state index contributed by atoms with van der Waals surface area (Å²) in [7, 11) is 0. The summed E-state index contributed by atoms with van der Waals surface area (Å²) in [6.07, 6.45) is 0.329. The average molecular weight is 391 g/mol. The lowest BCUT2D eigenvalue weighted by Crippen LogP contribution is -2.59. The fourth-order valence-corrected chi connectivity index (χ4v) is 3.94. The highest BCUT2D eigenvalue weighted by Gasteiger charge is 2.52. The van der Waals surface area contributed by atoms with Crippen LogP contribution in [0.4, 0.5) is 10.1 Å². The number of hydrogen-bond acceptors (Lipinski definition) is 3. The van der Waals surface area contributed by atoms with Crippen molar-refractivity contribution in [1.82, 2.24) is 0 Å². The Balaban J connectivity index is 1.59. The van der Waals surface area contributed by atoms with E-state index in [-0.39, 0.29) is 23.5 Å². The van der Waals surface area contributed by atoms with Crippen LogP contribution in [-0.2, 0) is 11.2 Å². The molecule has 0 aromatic heterocycles. The standard InChI is InChI=1S/C24H22FNO3/c25-18-9-11-19(12-10-18)26-23(17-7-13-20(27)14-8-17)22(24(26)29)21(28)15-6-16-4-2-1-3-5-16/h1-5,7-14,21-23,27-28H,6,15H2/t21?,22-,23+/m0/s1. The summed E-state index contributed by atoms with van der Waals surface area (Å²) in [6, 6.07) is 21.8. The minimum absolute atomic E-state index is 0.133. The van der Waals surface area contributed by atoms with E-state index in [0.717, 1.165) is 11.1 Å². The minimum Gasteiger partial charge on any atom is -0.508 e. The van der Waals surface area contributed by atoms with E-state index in [0.29, 0.717) is 18.5 Å². The second-order valence-corrected chi connectivity index (χ2v) is 7.34. The Kier molecular flexibility index (Phi) is 5.32. The van der Waals surface area contributed by atoms with Crippen molar-refractivity contribution in [2.24, 2.45) is 5.92 Å². The summed E-state index contributed by atoms with van der Waals surface area (Å²) < 4.78 is 13.3. The smallest absolute Gasteiger partial charge is 0.235 e. The van der Waals surface area contributed by atoms with Gasteiger partial charge in [-0.25, -0.2) is 4.39 Å². The first kappa shape index (κ1) is 19.2. The number of phenols is 1. The molecule has 1 aliphatic heterocycles. The Morgan fingerprint density at radius 2 is 1.59 bits per heavy atom. The van der Waals surface area contributed by atoms with Crippen LogP contribution in [0, 0.1) is 11.7 Å². The van der Waals surface area contributed by atoms with Gasteiger partial charge in [0, 0.05) is 5.69 Å². The lowest BCUT2D eigenvalue weighted by molar-refractivity contribution is -0.136. The van der Waals surface area contributed by atoms with Crippen molar-refractivity contribution < 1.29 is 19.4 Å². The van der Waals surface area contributed by atoms with Crippen LogP contribution in [0.2, 0.25) is 0 Å². The number of aliphatic hydroxyl groups is 1. The molecule has 0 spiro atoms. The highest BCUT2D eigenvalue weighted by molar-refractivity contribution is 6.03. The zero-order valence-electron chi connectivity index (χ0n) is 15.8. The first-order valence-electron chi connectivity index (χ1n) is 9.64. The maximum absolute atomic E-state index is 13.3. The molecule has 29 heavy (non-hydrogen) atoms. The maximum atomic E-state index is 13.3. The number of aryl methyl sites for hydroxylation is 1. The summed E-state index contributed by atoms with van der Waals surface area (Å²) in [5.41, 5.74) is 2.51. The van der Waals surface area contributed by atoms with Gasteiger partial charge >= 0.3 is 0 Å². The number of amides is 1. The molecule has 1 heterocycles. The molecule has 4 nitrogen and oxygen atoms in total. The summed E-state index contributed by atoms with van der Waals surface area (Å²) in [5.74, 6) is -1.01. The number of β-lactam (4-membered cyclic amide) rings is 1. The third kappa shape index (κ3) is 3.87. The van der Waals surface area contributed by atoms with Crippen molar-refractivity contribution in [3.05, 3.63) is 95.8 Å². The third-order valence-electron chi connectivity index (χ3n) is 5.47. The highest BCUT2D eigenvalue weighted by atomic mass is 19.1. The molecule has 1 amide bonds. The van der Waals surface area contributed by atoms with Crippen molar-refractivity contribution in [3.63, 3.8) is 0 Å². The van der Waals surface area contributed by atoms with E-state index in [2.05, 4.69) is 0 Å². The first-order valence-corrected chi connectivity index (χ1v) is 9.64. The predicted octanol–water partition coefficient (Wildman–Crippen LogP) is 4.23. The van der Waals surface area contributed by atoms with Crippen molar-refractivity contribution in [3.8, 4) is 5.75 Å². The lowest BCUT2D eigenvalue weighted by Gasteiger charge is -2.49. The molecule has 3 aromatic rings. The van der Waals surface area contributed by atoms with Crippen LogP contribution in [0.5, 0.6) is 5.75 Å². The number of aliphatic hydroxyl groups excluding tert-OH is 1. The number of rotatable bonds is 6. The third-order valence-corrected chi connectivity index (χ3v) is 5.47. The lowest BCUT2D eigenvalue weighted by atomic mass is 9.76. The highest BCUT2D eigenvalue weighted by Crippen LogP contribution is 2.46. The largest absolute Gasteiger partial charge is 0.508 e. The van der Waals surface area contributed by atoms with Gasteiger partial charge in [-0.1, -0.05) is 42.5 Å². The molecule has 148 valence electrons. The normalized spacial score (nSPS) is 19.7. The van der Waals surface area contributed by atoms with E-state index >= 15 is 0 Å². The molecular formula is C24H22FNO3. The number of hydrogen-bond donors (Lipinski definition) is 2. The monoisotopic (exact) mass is 391 g/mol. The van der Waals surface area contributed by atoms with Crippen LogP contribution >= 0.6 is 0 Å². The van der Waals surface area contributed by atoms with Crippen molar-refractivity contribution in [2.75, 3.05) is 4.90 Å². The Morgan fingerprint density at radius 1 is 0.931 bits per heavy atom. The molecule has 0 bridgehead atoms. The molecule has 1 unspecified atom stereocenters. The summed E-state index contributed by atoms with van der Waals surface area (Å²) in [4.78, 5) is 14.6. The van der Waals surface area contributed by atoms with Crippen LogP contribution in [-0.4, -0.2) is 22.2 Å². The number of phenolic OH excluding ortho intramolecular Hbond substituents is 1. The Morgan fingerprint density at radius 3 is 2.24 bits per heavy atom. The summed E-state index contributed by atoms with van der Waals surface area (Å²) in [5, 5.41) is 20.4. The van der Waals surface area contributed by atoms with Gasteiger partial charge in [-0.3, -0.25) is 4.79 Å². The molecule has 3 aromatic carbocycles. The molecule has 0 aliphatic carbocycles. The molecule has 0 radical (unpaired) electrons. The molecule has 0 saturated carbocycles. The van der Waals surface area contributed by atoms with Crippen LogP contribution < -0.4 is 4.90 Å². The van der Waals surface area contributed by atoms with Gasteiger partial charge in [0.05, 0.1) is 18.1 Å². The fourth-order valence-electron chi connectivity index (χ4n) is 3.94. The van der Waals surface area contributed by atoms with Gasteiger partial charge in [0.2, 0.25) is 5.91 Å². The van der Waals surface area contributed by atoms with E-state index in [4.69, 9.17) is 0 Å². The minimum atomic E-state index is -0.807. The van der Waals surface area contributed by atoms with E-state index < -0.39 is 12.0 Å². The second kappa shape index (κ2) is 8.05. The van der Waals surface area contributed by atoms with E-state index in [9.17, 15) is 19.4 Å². The molecule has 4 rings (SSSR count). The van der Waals surface area contributed by atoms with Crippen LogP contribution in [0.15, 0.2) is 78.9 Å². The van der Waals surface area contributed by atoms with Crippen LogP contribution in [0.25, 0.3) is 0 Å². The zero-order valence-corrected chi connectivity index (χ0v) is 15.8. The summed E-state index contributed by atoms with van der Waals surface area (Å²) in [6.45, 7) is 0. The number of anilines is 1. The SMILES string of the molecule is O=C1[C@@H](C(O)CCc2ccccc2)[C@@H](c2ccc(O)cc2)N1c1ccc(F)cc1. The topological polar surface area (TPSA) is 60.8 Å². The first-order chi connectivity index (χ1) is 14.0. The molecule has 5 heteroatoms. The Labute approximate surface area is 168 Å². The van der Waals surface area contributed by atoms with Gasteiger partial charge in [-0.2, -0.15) is 0 Å². The predicted molar refractivity (Wildman–Crippen MR) is 109 cm³/mol. The van der Waals surface area contributed by atoms with Crippen molar-refractivity contribution >= 4 is 11.6 Å². The van der Waals surface area contributed by atoms with Gasteiger partial charge in [0.1, 0.15) is 11.6 Å².